The Labute approximate surface area is 111 Å². The number of hydrogen-bond donors (Lipinski definition) is 1. The number of methoxy groups -OCH3 is 1. The van der Waals surface area contributed by atoms with Gasteiger partial charge in [-0.05, 0) is 26.7 Å². The van der Waals surface area contributed by atoms with Crippen molar-refractivity contribution in [3.8, 4) is 0 Å². The first-order chi connectivity index (χ1) is 8.50. The lowest BCUT2D eigenvalue weighted by atomic mass is 10.1. The Hall–Kier alpha value is -0.170. The SMILES string of the molecule is COCCNCC1CCCCN1S(=O)(=O)C(C)C. The van der Waals surface area contributed by atoms with Crippen LogP contribution in [0.25, 0.3) is 0 Å². The third-order valence-corrected chi connectivity index (χ3v) is 5.68. The van der Waals surface area contributed by atoms with E-state index in [2.05, 4.69) is 5.32 Å². The molecule has 0 radical (unpaired) electrons. The lowest BCUT2D eigenvalue weighted by molar-refractivity contribution is 0.191. The quantitative estimate of drug-likeness (QED) is 0.700. The van der Waals surface area contributed by atoms with Gasteiger partial charge in [0.15, 0.2) is 0 Å². The van der Waals surface area contributed by atoms with Crippen molar-refractivity contribution in [3.05, 3.63) is 0 Å². The zero-order valence-electron chi connectivity index (χ0n) is 11.7. The van der Waals surface area contributed by atoms with Crippen LogP contribution in [0, 0.1) is 0 Å². The average Bonchev–Trinajstić information content (AvgIpc) is 2.35. The summed E-state index contributed by atoms with van der Waals surface area (Å²) in [4.78, 5) is 0. The summed E-state index contributed by atoms with van der Waals surface area (Å²) >= 11 is 0. The molecule has 0 aliphatic carbocycles. The molecule has 1 N–H and O–H groups in total. The number of ether oxygens (including phenoxy) is 1. The van der Waals surface area contributed by atoms with Gasteiger partial charge in [0, 0.05) is 32.8 Å². The number of sulfonamides is 1. The summed E-state index contributed by atoms with van der Waals surface area (Å²) in [5.74, 6) is 0. The monoisotopic (exact) mass is 278 g/mol. The van der Waals surface area contributed by atoms with Crippen molar-refractivity contribution in [1.82, 2.24) is 9.62 Å². The molecular formula is C12H26N2O3S. The minimum absolute atomic E-state index is 0.100. The molecule has 6 heteroatoms. The van der Waals surface area contributed by atoms with E-state index in [1.54, 1.807) is 25.3 Å². The highest BCUT2D eigenvalue weighted by molar-refractivity contribution is 7.89. The van der Waals surface area contributed by atoms with Crippen LogP contribution in [-0.2, 0) is 14.8 Å². The molecule has 1 fully saturated rings. The van der Waals surface area contributed by atoms with Crippen LogP contribution in [0.4, 0.5) is 0 Å². The molecule has 0 spiro atoms. The van der Waals surface area contributed by atoms with Gasteiger partial charge in [0.1, 0.15) is 0 Å². The lowest BCUT2D eigenvalue weighted by Crippen LogP contribution is -2.50. The molecule has 0 amide bonds. The molecule has 1 atom stereocenters. The molecule has 1 saturated heterocycles. The molecule has 0 bridgehead atoms. The first-order valence-electron chi connectivity index (χ1n) is 6.70. The molecule has 5 nitrogen and oxygen atoms in total. The Kier molecular flexibility index (Phi) is 6.55. The van der Waals surface area contributed by atoms with Crippen LogP contribution in [0.3, 0.4) is 0 Å². The zero-order chi connectivity index (χ0) is 13.6. The molecule has 1 unspecified atom stereocenters. The van der Waals surface area contributed by atoms with Crippen LogP contribution in [0.5, 0.6) is 0 Å². The van der Waals surface area contributed by atoms with E-state index in [-0.39, 0.29) is 11.3 Å². The fraction of sp³-hybridized carbons (Fsp3) is 1.00. The molecule has 1 aliphatic rings. The average molecular weight is 278 g/mol. The van der Waals surface area contributed by atoms with Gasteiger partial charge in [0.2, 0.25) is 10.0 Å². The lowest BCUT2D eigenvalue weighted by Gasteiger charge is -2.36. The molecule has 108 valence electrons. The summed E-state index contributed by atoms with van der Waals surface area (Å²) < 4.78 is 31.2. The number of nitrogens with zero attached hydrogens (tertiary/aromatic N) is 1. The van der Waals surface area contributed by atoms with Crippen LogP contribution < -0.4 is 5.32 Å². The van der Waals surface area contributed by atoms with E-state index in [0.29, 0.717) is 13.2 Å². The predicted molar refractivity (Wildman–Crippen MR) is 73.1 cm³/mol. The van der Waals surface area contributed by atoms with E-state index in [0.717, 1.165) is 32.4 Å². The minimum atomic E-state index is -3.13. The maximum absolute atomic E-state index is 12.3. The largest absolute Gasteiger partial charge is 0.383 e. The second kappa shape index (κ2) is 7.43. The Morgan fingerprint density at radius 2 is 2.11 bits per heavy atom. The van der Waals surface area contributed by atoms with Gasteiger partial charge >= 0.3 is 0 Å². The van der Waals surface area contributed by atoms with Crippen molar-refractivity contribution in [2.45, 2.75) is 44.4 Å². The summed E-state index contributed by atoms with van der Waals surface area (Å²) in [6, 6.07) is 0.100. The number of nitrogens with one attached hydrogen (secondary N) is 1. The van der Waals surface area contributed by atoms with Gasteiger partial charge in [0.25, 0.3) is 0 Å². The first kappa shape index (κ1) is 15.9. The van der Waals surface area contributed by atoms with Gasteiger partial charge in [-0.15, -0.1) is 0 Å². The Morgan fingerprint density at radius 3 is 2.72 bits per heavy atom. The molecule has 0 saturated carbocycles. The molecule has 0 aromatic rings. The van der Waals surface area contributed by atoms with Gasteiger partial charge in [-0.2, -0.15) is 4.31 Å². The van der Waals surface area contributed by atoms with Crippen LogP contribution in [-0.4, -0.2) is 57.4 Å². The normalized spacial score (nSPS) is 22.6. The van der Waals surface area contributed by atoms with Gasteiger partial charge in [0.05, 0.1) is 11.9 Å². The van der Waals surface area contributed by atoms with Crippen molar-refractivity contribution in [1.29, 1.82) is 0 Å². The van der Waals surface area contributed by atoms with E-state index >= 15 is 0 Å². The molecule has 1 heterocycles. The number of hydrogen-bond acceptors (Lipinski definition) is 4. The highest BCUT2D eigenvalue weighted by Crippen LogP contribution is 2.22. The predicted octanol–water partition coefficient (Wildman–Crippen LogP) is 0.815. The number of rotatable bonds is 7. The van der Waals surface area contributed by atoms with E-state index in [1.807, 2.05) is 0 Å². The van der Waals surface area contributed by atoms with Gasteiger partial charge in [-0.25, -0.2) is 8.42 Å². The molecule has 18 heavy (non-hydrogen) atoms. The summed E-state index contributed by atoms with van der Waals surface area (Å²) in [6.07, 6.45) is 3.03. The Balaban J connectivity index is 2.57. The van der Waals surface area contributed by atoms with Crippen LogP contribution in [0.1, 0.15) is 33.1 Å². The third-order valence-electron chi connectivity index (χ3n) is 3.36. The summed E-state index contributed by atoms with van der Waals surface area (Å²) in [5, 5.41) is 2.93. The van der Waals surface area contributed by atoms with Crippen molar-refractivity contribution in [2.75, 3.05) is 33.4 Å². The maximum Gasteiger partial charge on any atom is 0.216 e. The fourth-order valence-corrected chi connectivity index (χ4v) is 3.75. The van der Waals surface area contributed by atoms with E-state index in [9.17, 15) is 8.42 Å². The van der Waals surface area contributed by atoms with Crippen LogP contribution in [0.2, 0.25) is 0 Å². The molecule has 0 aromatic heterocycles. The van der Waals surface area contributed by atoms with Crippen LogP contribution in [0.15, 0.2) is 0 Å². The molecular weight excluding hydrogens is 252 g/mol. The van der Waals surface area contributed by atoms with Crippen molar-refractivity contribution < 1.29 is 13.2 Å². The van der Waals surface area contributed by atoms with Crippen molar-refractivity contribution in [2.24, 2.45) is 0 Å². The first-order valence-corrected chi connectivity index (χ1v) is 8.20. The molecule has 1 aliphatic heterocycles. The smallest absolute Gasteiger partial charge is 0.216 e. The summed E-state index contributed by atoms with van der Waals surface area (Å²) in [5.41, 5.74) is 0. The highest BCUT2D eigenvalue weighted by Gasteiger charge is 2.33. The molecule has 1 rings (SSSR count). The summed E-state index contributed by atoms with van der Waals surface area (Å²) in [6.45, 7) is 6.30. The van der Waals surface area contributed by atoms with Gasteiger partial charge in [-0.1, -0.05) is 6.42 Å². The van der Waals surface area contributed by atoms with E-state index in [1.165, 1.54) is 0 Å². The highest BCUT2D eigenvalue weighted by atomic mass is 32.2. The Morgan fingerprint density at radius 1 is 1.39 bits per heavy atom. The minimum Gasteiger partial charge on any atom is -0.383 e. The fourth-order valence-electron chi connectivity index (χ4n) is 2.23. The topological polar surface area (TPSA) is 58.6 Å². The third kappa shape index (κ3) is 4.19. The zero-order valence-corrected chi connectivity index (χ0v) is 12.5. The second-order valence-electron chi connectivity index (χ2n) is 5.05. The summed E-state index contributed by atoms with van der Waals surface area (Å²) in [7, 11) is -1.47. The Bertz CT molecular complexity index is 330. The second-order valence-corrected chi connectivity index (χ2v) is 7.49. The standard InChI is InChI=1S/C12H26N2O3S/c1-11(2)18(15,16)14-8-5-4-6-12(14)10-13-7-9-17-3/h11-13H,4-10H2,1-3H3. The number of piperidine rings is 1. The van der Waals surface area contributed by atoms with Crippen LogP contribution >= 0.6 is 0 Å². The van der Waals surface area contributed by atoms with E-state index in [4.69, 9.17) is 4.74 Å². The molecule has 0 aromatic carbocycles. The van der Waals surface area contributed by atoms with Crippen molar-refractivity contribution in [3.63, 3.8) is 0 Å². The van der Waals surface area contributed by atoms with Crippen molar-refractivity contribution >= 4 is 10.0 Å². The maximum atomic E-state index is 12.3. The van der Waals surface area contributed by atoms with Gasteiger partial charge < -0.3 is 10.1 Å². The van der Waals surface area contributed by atoms with E-state index < -0.39 is 10.0 Å². The van der Waals surface area contributed by atoms with Gasteiger partial charge in [-0.3, -0.25) is 0 Å².